The molecule has 4 aromatic rings. The summed E-state index contributed by atoms with van der Waals surface area (Å²) in [6, 6.07) is 27.7. The average molecular weight is 439 g/mol. The lowest BCUT2D eigenvalue weighted by molar-refractivity contribution is -0.125. The number of para-hydroxylation sites is 1. The number of esters is 1. The number of ketones is 1. The zero-order valence-corrected chi connectivity index (χ0v) is 17.9. The van der Waals surface area contributed by atoms with Crippen molar-refractivity contribution in [2.45, 2.75) is 13.0 Å². The van der Waals surface area contributed by atoms with Crippen molar-refractivity contribution < 1.29 is 23.5 Å². The molecule has 0 bridgehead atoms. The predicted octanol–water partition coefficient (Wildman–Crippen LogP) is 5.69. The summed E-state index contributed by atoms with van der Waals surface area (Å²) in [6.07, 6.45) is -1.16. The van der Waals surface area contributed by atoms with Crippen molar-refractivity contribution in [2.75, 3.05) is 5.32 Å². The van der Waals surface area contributed by atoms with Gasteiger partial charge in [0.05, 0.1) is 0 Å². The van der Waals surface area contributed by atoms with Gasteiger partial charge in [-0.15, -0.1) is 0 Å². The van der Waals surface area contributed by atoms with E-state index in [9.17, 15) is 14.4 Å². The van der Waals surface area contributed by atoms with Crippen LogP contribution in [0.4, 0.5) is 5.69 Å². The van der Waals surface area contributed by atoms with Gasteiger partial charge in [0.25, 0.3) is 5.91 Å². The van der Waals surface area contributed by atoms with Crippen LogP contribution in [0, 0.1) is 0 Å². The number of carbonyl (C=O) groups excluding carboxylic acids is 3. The van der Waals surface area contributed by atoms with Crippen LogP contribution in [0.1, 0.15) is 39.5 Å². The average Bonchev–Trinajstić information content (AvgIpc) is 3.34. The summed E-state index contributed by atoms with van der Waals surface area (Å²) in [7, 11) is 0. The zero-order valence-electron chi connectivity index (χ0n) is 17.9. The van der Waals surface area contributed by atoms with Crippen molar-refractivity contribution >= 4 is 23.3 Å². The largest absolute Gasteiger partial charge is 0.449 e. The number of amides is 1. The molecule has 1 N–H and O–H groups in total. The van der Waals surface area contributed by atoms with Gasteiger partial charge in [0.2, 0.25) is 11.9 Å². The Labute approximate surface area is 190 Å². The van der Waals surface area contributed by atoms with Crippen LogP contribution in [0.3, 0.4) is 0 Å². The van der Waals surface area contributed by atoms with E-state index >= 15 is 0 Å². The smallest absolute Gasteiger partial charge is 0.375 e. The van der Waals surface area contributed by atoms with E-state index in [0.717, 1.165) is 0 Å². The van der Waals surface area contributed by atoms with E-state index in [4.69, 9.17) is 9.15 Å². The summed E-state index contributed by atoms with van der Waals surface area (Å²) in [5.74, 6) is -0.867. The van der Waals surface area contributed by atoms with Crippen LogP contribution in [-0.2, 0) is 9.53 Å². The van der Waals surface area contributed by atoms with E-state index in [-0.39, 0.29) is 11.5 Å². The Hall–Kier alpha value is -4.45. The lowest BCUT2D eigenvalue weighted by Gasteiger charge is -2.17. The maximum absolute atomic E-state index is 12.9. The summed E-state index contributed by atoms with van der Waals surface area (Å²) in [5, 5.41) is 2.77. The summed E-state index contributed by atoms with van der Waals surface area (Å²) in [4.78, 5) is 37.2. The van der Waals surface area contributed by atoms with Gasteiger partial charge < -0.3 is 14.5 Å². The number of nitrogens with one attached hydrogen (secondary N) is 1. The fourth-order valence-corrected chi connectivity index (χ4v) is 3.27. The van der Waals surface area contributed by atoms with Gasteiger partial charge in [-0.1, -0.05) is 72.8 Å². The van der Waals surface area contributed by atoms with Crippen LogP contribution in [0.25, 0.3) is 11.3 Å². The van der Waals surface area contributed by atoms with Crippen molar-refractivity contribution in [1.29, 1.82) is 0 Å². The number of carbonyl (C=O) groups is 3. The summed E-state index contributed by atoms with van der Waals surface area (Å²) in [6.45, 7) is 1.49. The third-order valence-corrected chi connectivity index (χ3v) is 4.99. The summed E-state index contributed by atoms with van der Waals surface area (Å²) < 4.78 is 11.2. The molecule has 6 nitrogen and oxygen atoms in total. The number of hydrogen-bond donors (Lipinski definition) is 1. The van der Waals surface area contributed by atoms with Gasteiger partial charge in [0.15, 0.2) is 5.78 Å². The van der Waals surface area contributed by atoms with E-state index in [1.165, 1.54) is 13.0 Å². The number of benzene rings is 3. The fourth-order valence-electron chi connectivity index (χ4n) is 3.27. The van der Waals surface area contributed by atoms with Gasteiger partial charge >= 0.3 is 5.97 Å². The maximum Gasteiger partial charge on any atom is 0.375 e. The lowest BCUT2D eigenvalue weighted by Crippen LogP contribution is -2.25. The lowest BCUT2D eigenvalue weighted by atomic mass is 10.1. The number of ether oxygens (including phenoxy) is 1. The Morgan fingerprint density at radius 1 is 0.788 bits per heavy atom. The highest BCUT2D eigenvalue weighted by Gasteiger charge is 2.27. The Morgan fingerprint density at radius 3 is 2.06 bits per heavy atom. The Balaban J connectivity index is 1.53. The normalized spacial score (nSPS) is 11.4. The molecule has 0 saturated carbocycles. The SMILES string of the molecule is CC(=O)c1ccc(-c2ccc(C(=O)OC(C(=O)Nc3ccccc3)c3ccccc3)o2)cc1. The molecule has 6 heteroatoms. The third kappa shape index (κ3) is 5.25. The van der Waals surface area contributed by atoms with Gasteiger partial charge in [-0.05, 0) is 31.2 Å². The highest BCUT2D eigenvalue weighted by molar-refractivity contribution is 5.97. The van der Waals surface area contributed by atoms with Gasteiger partial charge in [0, 0.05) is 22.4 Å². The Bertz CT molecular complexity index is 1260. The first-order valence-corrected chi connectivity index (χ1v) is 10.3. The topological polar surface area (TPSA) is 85.6 Å². The highest BCUT2D eigenvalue weighted by Crippen LogP contribution is 2.26. The predicted molar refractivity (Wildman–Crippen MR) is 124 cm³/mol. The first-order valence-electron chi connectivity index (χ1n) is 10.3. The molecule has 0 saturated heterocycles. The van der Waals surface area contributed by atoms with E-state index in [1.807, 2.05) is 12.1 Å². The maximum atomic E-state index is 12.9. The van der Waals surface area contributed by atoms with Crippen molar-refractivity contribution in [3.8, 4) is 11.3 Å². The third-order valence-electron chi connectivity index (χ3n) is 4.99. The molecule has 1 unspecified atom stereocenters. The van der Waals surface area contributed by atoms with Crippen molar-refractivity contribution in [3.05, 3.63) is 114 Å². The van der Waals surface area contributed by atoms with Gasteiger partial charge in [0.1, 0.15) is 5.76 Å². The fraction of sp³-hybridized carbons (Fsp3) is 0.0741. The second kappa shape index (κ2) is 9.78. The van der Waals surface area contributed by atoms with Crippen LogP contribution in [-0.4, -0.2) is 17.7 Å². The monoisotopic (exact) mass is 439 g/mol. The molecular formula is C27H21NO5. The highest BCUT2D eigenvalue weighted by atomic mass is 16.6. The van der Waals surface area contributed by atoms with Crippen molar-refractivity contribution in [1.82, 2.24) is 0 Å². The van der Waals surface area contributed by atoms with Crippen molar-refractivity contribution in [3.63, 3.8) is 0 Å². The first-order chi connectivity index (χ1) is 16.0. The number of rotatable bonds is 7. The molecule has 0 aliphatic heterocycles. The quantitative estimate of drug-likeness (QED) is 0.295. The van der Waals surface area contributed by atoms with E-state index in [2.05, 4.69) is 5.32 Å². The molecule has 0 spiro atoms. The number of furan rings is 1. The molecule has 3 aromatic carbocycles. The molecule has 33 heavy (non-hydrogen) atoms. The number of Topliss-reactive ketones (excluding diaryl/α,β-unsaturated/α-hetero) is 1. The van der Waals surface area contributed by atoms with Crippen LogP contribution in [0.2, 0.25) is 0 Å². The Kier molecular flexibility index (Phi) is 6.45. The Morgan fingerprint density at radius 2 is 1.42 bits per heavy atom. The van der Waals surface area contributed by atoms with E-state index in [0.29, 0.717) is 28.1 Å². The molecular weight excluding hydrogens is 418 g/mol. The summed E-state index contributed by atoms with van der Waals surface area (Å²) >= 11 is 0. The number of anilines is 1. The molecule has 1 amide bonds. The van der Waals surface area contributed by atoms with Gasteiger partial charge in [-0.3, -0.25) is 9.59 Å². The molecule has 0 aliphatic rings. The molecule has 0 aliphatic carbocycles. The second-order valence-electron chi connectivity index (χ2n) is 7.35. The molecule has 1 atom stereocenters. The summed E-state index contributed by atoms with van der Waals surface area (Å²) in [5.41, 5.74) is 2.42. The molecule has 164 valence electrons. The standard InChI is InChI=1S/C27H21NO5/c1-18(29)19-12-14-20(15-13-19)23-16-17-24(32-23)27(31)33-25(21-8-4-2-5-9-21)26(30)28-22-10-6-3-7-11-22/h2-17,25H,1H3,(H,28,30). The zero-order chi connectivity index (χ0) is 23.2. The van der Waals surface area contributed by atoms with Gasteiger partial charge in [-0.2, -0.15) is 0 Å². The van der Waals surface area contributed by atoms with Gasteiger partial charge in [-0.25, -0.2) is 4.79 Å². The minimum atomic E-state index is -1.16. The van der Waals surface area contributed by atoms with E-state index < -0.39 is 18.0 Å². The second-order valence-corrected chi connectivity index (χ2v) is 7.35. The van der Waals surface area contributed by atoms with Crippen LogP contribution in [0.15, 0.2) is 101 Å². The molecule has 1 heterocycles. The molecule has 1 aromatic heterocycles. The van der Waals surface area contributed by atoms with Crippen LogP contribution >= 0.6 is 0 Å². The van der Waals surface area contributed by atoms with Crippen LogP contribution < -0.4 is 5.32 Å². The van der Waals surface area contributed by atoms with Crippen LogP contribution in [0.5, 0.6) is 0 Å². The first kappa shape index (κ1) is 21.8. The van der Waals surface area contributed by atoms with Crippen molar-refractivity contribution in [2.24, 2.45) is 0 Å². The van der Waals surface area contributed by atoms with E-state index in [1.54, 1.807) is 78.9 Å². The number of hydrogen-bond acceptors (Lipinski definition) is 5. The molecule has 0 fully saturated rings. The molecule has 0 radical (unpaired) electrons. The minimum Gasteiger partial charge on any atom is -0.449 e. The minimum absolute atomic E-state index is 0.0333. The molecule has 4 rings (SSSR count).